The maximum atomic E-state index is 11.5. The number of allylic oxidation sites excluding steroid dienone is 1. The summed E-state index contributed by atoms with van der Waals surface area (Å²) in [5.41, 5.74) is 5.14. The number of carbonyl (C=O) groups is 2. The molecule has 0 heterocycles. The monoisotopic (exact) mass is 266 g/mol. The van der Waals surface area contributed by atoms with E-state index < -0.39 is 17.3 Å². The molecule has 0 radical (unpaired) electrons. The van der Waals surface area contributed by atoms with Gasteiger partial charge in [-0.25, -0.2) is 0 Å². The Kier molecular flexibility index (Phi) is 4.39. The van der Waals surface area contributed by atoms with E-state index in [1.54, 1.807) is 13.0 Å². The fourth-order valence-electron chi connectivity index (χ4n) is 1.98. The van der Waals surface area contributed by atoms with Crippen molar-refractivity contribution < 1.29 is 14.7 Å². The first-order chi connectivity index (χ1) is 8.72. The van der Waals surface area contributed by atoms with Gasteiger partial charge in [-0.1, -0.05) is 26.0 Å². The van der Waals surface area contributed by atoms with E-state index in [9.17, 15) is 14.7 Å². The van der Waals surface area contributed by atoms with E-state index in [0.717, 1.165) is 6.42 Å². The van der Waals surface area contributed by atoms with Crippen LogP contribution >= 0.6 is 0 Å². The van der Waals surface area contributed by atoms with Crippen LogP contribution < -0.4 is 11.1 Å². The van der Waals surface area contributed by atoms with Gasteiger partial charge in [0, 0.05) is 11.7 Å². The zero-order chi connectivity index (χ0) is 14.8. The zero-order valence-electron chi connectivity index (χ0n) is 11.9. The maximum absolute atomic E-state index is 11.5. The second-order valence-electron chi connectivity index (χ2n) is 5.33. The Morgan fingerprint density at radius 2 is 2.16 bits per heavy atom. The Labute approximate surface area is 113 Å². The number of primary amides is 1. The Bertz CT molecular complexity index is 454. The van der Waals surface area contributed by atoms with Crippen molar-refractivity contribution in [3.05, 3.63) is 23.4 Å². The van der Waals surface area contributed by atoms with Crippen LogP contribution in [0.15, 0.2) is 23.4 Å². The van der Waals surface area contributed by atoms with Crippen LogP contribution in [-0.2, 0) is 9.59 Å². The third-order valence-electron chi connectivity index (χ3n) is 3.84. The average Bonchev–Trinajstić information content (AvgIpc) is 2.32. The van der Waals surface area contributed by atoms with E-state index in [1.165, 1.54) is 6.08 Å². The molecule has 0 spiro atoms. The van der Waals surface area contributed by atoms with E-state index >= 15 is 0 Å². The van der Waals surface area contributed by atoms with Gasteiger partial charge >= 0.3 is 5.97 Å². The Morgan fingerprint density at radius 1 is 1.58 bits per heavy atom. The highest BCUT2D eigenvalue weighted by molar-refractivity contribution is 5.98. The highest BCUT2D eigenvalue weighted by atomic mass is 16.4. The van der Waals surface area contributed by atoms with Crippen LogP contribution in [0.3, 0.4) is 0 Å². The third-order valence-corrected chi connectivity index (χ3v) is 3.84. The fraction of sp³-hybridized carbons (Fsp3) is 0.571. The van der Waals surface area contributed by atoms with Crippen LogP contribution in [0.4, 0.5) is 0 Å². The molecule has 0 bridgehead atoms. The number of nitrogens with one attached hydrogen (secondary N) is 1. The van der Waals surface area contributed by atoms with Crippen LogP contribution in [0.25, 0.3) is 0 Å². The molecular formula is C14H22N2O3. The second-order valence-corrected chi connectivity index (χ2v) is 5.33. The minimum atomic E-state index is -1.11. The molecule has 0 saturated heterocycles. The number of hydrogen-bond acceptors (Lipinski definition) is 3. The molecule has 19 heavy (non-hydrogen) atoms. The van der Waals surface area contributed by atoms with Crippen LogP contribution in [0, 0.1) is 11.3 Å². The number of hydrogen-bond donors (Lipinski definition) is 3. The zero-order valence-corrected chi connectivity index (χ0v) is 11.9. The Balaban J connectivity index is 3.18. The summed E-state index contributed by atoms with van der Waals surface area (Å²) in [6, 6.07) is 0.190. The predicted molar refractivity (Wildman–Crippen MR) is 73.2 cm³/mol. The number of aliphatic carboxylic acids is 1. The summed E-state index contributed by atoms with van der Waals surface area (Å²) < 4.78 is 0. The summed E-state index contributed by atoms with van der Waals surface area (Å²) in [7, 11) is 0. The van der Waals surface area contributed by atoms with Gasteiger partial charge in [-0.05, 0) is 26.2 Å². The van der Waals surface area contributed by atoms with Crippen molar-refractivity contribution in [1.82, 2.24) is 5.32 Å². The quantitative estimate of drug-likeness (QED) is 0.701. The van der Waals surface area contributed by atoms with E-state index in [2.05, 4.69) is 5.32 Å². The van der Waals surface area contributed by atoms with E-state index in [-0.39, 0.29) is 17.5 Å². The minimum absolute atomic E-state index is 0.190. The molecule has 4 N–H and O–H groups in total. The number of rotatable bonds is 5. The number of carboxylic acid groups (broad SMARTS) is 1. The highest BCUT2D eigenvalue weighted by Crippen LogP contribution is 2.37. The molecule has 106 valence electrons. The Hall–Kier alpha value is -1.78. The number of carboxylic acids is 1. The maximum Gasteiger partial charge on any atom is 0.313 e. The smallest absolute Gasteiger partial charge is 0.313 e. The molecular weight excluding hydrogens is 244 g/mol. The summed E-state index contributed by atoms with van der Waals surface area (Å²) in [4.78, 5) is 22.9. The predicted octanol–water partition coefficient (Wildman–Crippen LogP) is 1.41. The van der Waals surface area contributed by atoms with Crippen LogP contribution in [-0.4, -0.2) is 23.0 Å². The molecule has 1 aliphatic rings. The summed E-state index contributed by atoms with van der Waals surface area (Å²) in [6.45, 7) is 7.44. The van der Waals surface area contributed by atoms with E-state index in [0.29, 0.717) is 5.70 Å². The number of amides is 1. The third kappa shape index (κ3) is 2.97. The lowest BCUT2D eigenvalue weighted by Crippen LogP contribution is -2.39. The molecule has 0 aromatic carbocycles. The standard InChI is InChI=1S/C14H22N2O3/c1-5-9(3)16-11-6-8(2)14(4,13(18)19)7-10(11)12(15)17/h6-9,16H,5H2,1-4H3,(H2,15,17)(H,18,19)/t8-,9?,14?/m1/s1. The molecule has 0 fully saturated rings. The van der Waals surface area contributed by atoms with Crippen molar-refractivity contribution in [2.45, 2.75) is 40.2 Å². The molecule has 5 heteroatoms. The highest BCUT2D eigenvalue weighted by Gasteiger charge is 2.40. The lowest BCUT2D eigenvalue weighted by atomic mass is 9.72. The van der Waals surface area contributed by atoms with Gasteiger partial charge in [0.1, 0.15) is 0 Å². The Morgan fingerprint density at radius 3 is 2.58 bits per heavy atom. The molecule has 1 rings (SSSR count). The van der Waals surface area contributed by atoms with Crippen LogP contribution in [0.2, 0.25) is 0 Å². The summed E-state index contributed by atoms with van der Waals surface area (Å²) in [5, 5.41) is 12.5. The SMILES string of the molecule is CCC(C)NC1=C[C@@H](C)C(C)(C(=O)O)C=C1C(N)=O. The van der Waals surface area contributed by atoms with Crippen LogP contribution in [0.1, 0.15) is 34.1 Å². The van der Waals surface area contributed by atoms with Gasteiger partial charge in [0.25, 0.3) is 0 Å². The first-order valence-corrected chi connectivity index (χ1v) is 6.47. The normalized spacial score (nSPS) is 28.1. The molecule has 0 saturated carbocycles. The van der Waals surface area contributed by atoms with Crippen molar-refractivity contribution in [3.63, 3.8) is 0 Å². The first kappa shape index (κ1) is 15.3. The lowest BCUT2D eigenvalue weighted by Gasteiger charge is -2.33. The fourth-order valence-corrected chi connectivity index (χ4v) is 1.98. The van der Waals surface area contributed by atoms with Crippen molar-refractivity contribution in [1.29, 1.82) is 0 Å². The first-order valence-electron chi connectivity index (χ1n) is 6.47. The van der Waals surface area contributed by atoms with Gasteiger partial charge in [-0.3, -0.25) is 9.59 Å². The molecule has 2 unspecified atom stereocenters. The van der Waals surface area contributed by atoms with Crippen LogP contribution in [0.5, 0.6) is 0 Å². The van der Waals surface area contributed by atoms with E-state index in [4.69, 9.17) is 5.73 Å². The van der Waals surface area contributed by atoms with Crippen molar-refractivity contribution in [2.75, 3.05) is 0 Å². The molecule has 0 aromatic rings. The molecule has 1 aliphatic carbocycles. The minimum Gasteiger partial charge on any atom is -0.481 e. The average molecular weight is 266 g/mol. The number of carbonyl (C=O) groups excluding carboxylic acids is 1. The van der Waals surface area contributed by atoms with Gasteiger partial charge in [-0.2, -0.15) is 0 Å². The second kappa shape index (κ2) is 5.47. The molecule has 1 amide bonds. The lowest BCUT2D eigenvalue weighted by molar-refractivity contribution is -0.146. The topological polar surface area (TPSA) is 92.4 Å². The van der Waals surface area contributed by atoms with Gasteiger partial charge < -0.3 is 16.2 Å². The molecule has 0 aliphatic heterocycles. The molecule has 3 atom stereocenters. The number of nitrogens with two attached hydrogens (primary N) is 1. The van der Waals surface area contributed by atoms with Gasteiger partial charge in [-0.15, -0.1) is 0 Å². The van der Waals surface area contributed by atoms with Gasteiger partial charge in [0.15, 0.2) is 0 Å². The van der Waals surface area contributed by atoms with Crippen molar-refractivity contribution >= 4 is 11.9 Å². The van der Waals surface area contributed by atoms with Crippen molar-refractivity contribution in [2.24, 2.45) is 17.1 Å². The van der Waals surface area contributed by atoms with E-state index in [1.807, 2.05) is 20.8 Å². The van der Waals surface area contributed by atoms with Gasteiger partial charge in [0.05, 0.1) is 11.0 Å². The summed E-state index contributed by atoms with van der Waals surface area (Å²) in [5.74, 6) is -1.79. The molecule has 5 nitrogen and oxygen atoms in total. The summed E-state index contributed by atoms with van der Waals surface area (Å²) in [6.07, 6.45) is 4.14. The largest absolute Gasteiger partial charge is 0.481 e. The molecule has 0 aromatic heterocycles. The van der Waals surface area contributed by atoms with Gasteiger partial charge in [0.2, 0.25) is 5.91 Å². The van der Waals surface area contributed by atoms with Crippen molar-refractivity contribution in [3.8, 4) is 0 Å². The summed E-state index contributed by atoms with van der Waals surface area (Å²) >= 11 is 0.